The summed E-state index contributed by atoms with van der Waals surface area (Å²) in [5.41, 5.74) is -0.206. The van der Waals surface area contributed by atoms with Gasteiger partial charge in [0.05, 0.1) is 54.4 Å². The lowest BCUT2D eigenvalue weighted by Gasteiger charge is -2.19. The molecule has 1 aliphatic heterocycles. The van der Waals surface area contributed by atoms with Crippen molar-refractivity contribution in [3.05, 3.63) is 144 Å². The Balaban J connectivity index is 1.20. The number of alkyl halides is 6. The van der Waals surface area contributed by atoms with Crippen LogP contribution in [0.15, 0.2) is 122 Å². The lowest BCUT2D eigenvalue weighted by Crippen LogP contribution is -2.13. The monoisotopic (exact) mass is 738 g/mol. The summed E-state index contributed by atoms with van der Waals surface area (Å²) in [5, 5.41) is 0. The highest BCUT2D eigenvalue weighted by Crippen LogP contribution is 2.45. The van der Waals surface area contributed by atoms with Crippen LogP contribution in [0, 0.1) is 0 Å². The highest BCUT2D eigenvalue weighted by Gasteiger charge is 2.39. The number of nitrogens with zero attached hydrogens (tertiary/aromatic N) is 6. The molecule has 0 atom stereocenters. The van der Waals surface area contributed by atoms with Crippen molar-refractivity contribution >= 4 is 63.8 Å². The van der Waals surface area contributed by atoms with Gasteiger partial charge in [0.2, 0.25) is 9.84 Å². The fourth-order valence-corrected chi connectivity index (χ4v) is 8.59. The van der Waals surface area contributed by atoms with Gasteiger partial charge in [-0.2, -0.15) is 26.3 Å². The fraction of sp³-hybridized carbons (Fsp3) is 0.0526. The number of sulfone groups is 1. The van der Waals surface area contributed by atoms with Crippen LogP contribution in [-0.4, -0.2) is 37.5 Å². The molecule has 6 aromatic heterocycles. The van der Waals surface area contributed by atoms with E-state index in [1.165, 1.54) is 46.1 Å². The fourth-order valence-electron chi connectivity index (χ4n) is 6.99. The van der Waals surface area contributed by atoms with Crippen LogP contribution >= 0.6 is 0 Å². The predicted molar refractivity (Wildman–Crippen MR) is 188 cm³/mol. The standard InChI is InChI=1S/C38H20F6N6O2S/c39-37(40,41)23-11-9-21(19-29(23)49-25-5-1-15-45-33(25)34-26(49)6-2-16-46-34)31-13-14-32(53(31,51)52)22-10-12-24(38(42,43)44)30(20-22)50-27-7-3-17-47-35(27)36-28(50)8-4-18-48-36/h1-20H. The maximum atomic E-state index is 14.6. The number of rotatable bonds is 4. The molecule has 0 aliphatic carbocycles. The quantitative estimate of drug-likeness (QED) is 0.167. The van der Waals surface area contributed by atoms with Crippen LogP contribution < -0.4 is 0 Å². The Labute approximate surface area is 294 Å². The van der Waals surface area contributed by atoms with Crippen molar-refractivity contribution in [2.45, 2.75) is 12.4 Å². The molecule has 7 heterocycles. The van der Waals surface area contributed by atoms with E-state index in [-0.39, 0.29) is 32.3 Å². The smallest absolute Gasteiger partial charge is 0.305 e. The summed E-state index contributed by atoms with van der Waals surface area (Å²) in [6.07, 6.45) is -1.22. The summed E-state index contributed by atoms with van der Waals surface area (Å²) in [6.45, 7) is 0. The molecule has 0 spiro atoms. The first-order chi connectivity index (χ1) is 25.3. The first-order valence-corrected chi connectivity index (χ1v) is 17.3. The van der Waals surface area contributed by atoms with E-state index in [1.807, 2.05) is 0 Å². The molecule has 0 amide bonds. The summed E-state index contributed by atoms with van der Waals surface area (Å²) < 4.78 is 119. The van der Waals surface area contributed by atoms with E-state index in [1.54, 1.807) is 48.5 Å². The zero-order chi connectivity index (χ0) is 36.9. The van der Waals surface area contributed by atoms with E-state index >= 15 is 0 Å². The lowest BCUT2D eigenvalue weighted by molar-refractivity contribution is -0.138. The van der Waals surface area contributed by atoms with Crippen LogP contribution in [0.4, 0.5) is 26.3 Å². The third-order valence-electron chi connectivity index (χ3n) is 9.18. The highest BCUT2D eigenvalue weighted by molar-refractivity contribution is 8.09. The van der Waals surface area contributed by atoms with Gasteiger partial charge in [0.1, 0.15) is 22.1 Å². The Morgan fingerprint density at radius 1 is 0.472 bits per heavy atom. The Hall–Kier alpha value is -6.35. The van der Waals surface area contributed by atoms with Crippen molar-refractivity contribution in [2.24, 2.45) is 0 Å². The Morgan fingerprint density at radius 3 is 1.09 bits per heavy atom. The second kappa shape index (κ2) is 11.3. The van der Waals surface area contributed by atoms with Gasteiger partial charge in [0, 0.05) is 24.8 Å². The molecule has 8 nitrogen and oxygen atoms in total. The second-order valence-corrected chi connectivity index (χ2v) is 14.1. The lowest BCUT2D eigenvalue weighted by atomic mass is 10.1. The van der Waals surface area contributed by atoms with E-state index in [9.17, 15) is 34.8 Å². The van der Waals surface area contributed by atoms with Gasteiger partial charge < -0.3 is 9.13 Å². The van der Waals surface area contributed by atoms with Gasteiger partial charge in [0.25, 0.3) is 0 Å². The van der Waals surface area contributed by atoms with E-state index < -0.39 is 33.3 Å². The van der Waals surface area contributed by atoms with Gasteiger partial charge in [-0.15, -0.1) is 0 Å². The largest absolute Gasteiger partial charge is 0.418 e. The molecule has 262 valence electrons. The number of hydrogen-bond donors (Lipinski definition) is 0. The molecule has 0 radical (unpaired) electrons. The Kier molecular flexibility index (Phi) is 6.95. The minimum Gasteiger partial charge on any atom is -0.305 e. The van der Waals surface area contributed by atoms with Gasteiger partial charge in [0.15, 0.2) is 0 Å². The number of hydrogen-bond acceptors (Lipinski definition) is 6. The van der Waals surface area contributed by atoms with Crippen LogP contribution in [0.1, 0.15) is 22.3 Å². The second-order valence-electron chi connectivity index (χ2n) is 12.2. The van der Waals surface area contributed by atoms with E-state index in [4.69, 9.17) is 0 Å². The Morgan fingerprint density at radius 2 is 0.792 bits per heavy atom. The van der Waals surface area contributed by atoms with E-state index in [0.29, 0.717) is 44.1 Å². The molecule has 1 aliphatic rings. The maximum Gasteiger partial charge on any atom is 0.418 e. The minimum absolute atomic E-state index is 0.0614. The molecule has 53 heavy (non-hydrogen) atoms. The van der Waals surface area contributed by atoms with Gasteiger partial charge in [-0.3, -0.25) is 19.9 Å². The molecule has 0 N–H and O–H groups in total. The molecule has 2 aromatic carbocycles. The Bertz CT molecular complexity index is 2710. The number of pyridine rings is 4. The summed E-state index contributed by atoms with van der Waals surface area (Å²) in [7, 11) is -4.48. The molecule has 0 unspecified atom stereocenters. The average molecular weight is 739 g/mol. The van der Waals surface area contributed by atoms with Crippen LogP contribution in [0.3, 0.4) is 0 Å². The van der Waals surface area contributed by atoms with Crippen LogP contribution in [0.5, 0.6) is 0 Å². The first-order valence-electron chi connectivity index (χ1n) is 15.9. The van der Waals surface area contributed by atoms with Crippen LogP contribution in [0.2, 0.25) is 0 Å². The molecule has 15 heteroatoms. The summed E-state index contributed by atoms with van der Waals surface area (Å²) >= 11 is 0. The highest BCUT2D eigenvalue weighted by atomic mass is 32.2. The number of allylic oxidation sites excluding steroid dienone is 2. The number of fused-ring (bicyclic) bond motifs is 6. The maximum absolute atomic E-state index is 14.6. The van der Waals surface area contributed by atoms with Gasteiger partial charge >= 0.3 is 12.4 Å². The van der Waals surface area contributed by atoms with E-state index in [2.05, 4.69) is 19.9 Å². The van der Waals surface area contributed by atoms with Crippen LogP contribution in [0.25, 0.3) is 65.3 Å². The third kappa shape index (κ3) is 4.94. The predicted octanol–water partition coefficient (Wildman–Crippen LogP) is 9.31. The molecule has 0 fully saturated rings. The number of aromatic nitrogens is 6. The normalized spacial score (nSPS) is 14.8. The summed E-state index contributed by atoms with van der Waals surface area (Å²) in [5.74, 6) is 0. The van der Waals surface area contributed by atoms with Gasteiger partial charge in [-0.1, -0.05) is 12.1 Å². The number of benzene rings is 2. The van der Waals surface area contributed by atoms with Gasteiger partial charge in [-0.05, 0) is 96.1 Å². The minimum atomic E-state index is -4.83. The van der Waals surface area contributed by atoms with Crippen molar-refractivity contribution in [3.8, 4) is 11.4 Å². The molecule has 0 saturated heterocycles. The zero-order valence-corrected chi connectivity index (χ0v) is 27.5. The third-order valence-corrected chi connectivity index (χ3v) is 11.1. The SMILES string of the molecule is O=S1(=O)C(c2ccc(C(F)(F)F)c(-n3c4cccnc4c4ncccc43)c2)=CC=C1c1ccc(C(F)(F)F)c(-n2c3cccnc3c3ncccc32)c1. The molecule has 0 bridgehead atoms. The molecule has 8 aromatic rings. The van der Waals surface area contributed by atoms with Crippen molar-refractivity contribution in [3.63, 3.8) is 0 Å². The average Bonchev–Trinajstić information content (AvgIpc) is 3.76. The summed E-state index contributed by atoms with van der Waals surface area (Å²) in [6, 6.07) is 18.7. The molecular weight excluding hydrogens is 719 g/mol. The first kappa shape index (κ1) is 32.6. The van der Waals surface area contributed by atoms with Crippen molar-refractivity contribution < 1.29 is 34.8 Å². The number of halogens is 6. The van der Waals surface area contributed by atoms with Crippen LogP contribution in [-0.2, 0) is 22.2 Å². The zero-order valence-electron chi connectivity index (χ0n) is 26.7. The van der Waals surface area contributed by atoms with Crippen molar-refractivity contribution in [1.82, 2.24) is 29.1 Å². The van der Waals surface area contributed by atoms with E-state index in [0.717, 1.165) is 36.4 Å². The molecular formula is C38H20F6N6O2S. The molecule has 9 rings (SSSR count). The summed E-state index contributed by atoms with van der Waals surface area (Å²) in [4.78, 5) is 16.7. The van der Waals surface area contributed by atoms with Gasteiger partial charge in [-0.25, -0.2) is 8.42 Å². The topological polar surface area (TPSA) is 95.6 Å². The molecule has 0 saturated carbocycles. The van der Waals surface area contributed by atoms with Crippen molar-refractivity contribution in [1.29, 1.82) is 0 Å². The van der Waals surface area contributed by atoms with Crippen molar-refractivity contribution in [2.75, 3.05) is 0 Å².